The van der Waals surface area contributed by atoms with Crippen LogP contribution in [-0.4, -0.2) is 100.0 Å². The molecule has 0 N–H and O–H groups in total. The number of benzene rings is 2. The van der Waals surface area contributed by atoms with Crippen LogP contribution in [0.1, 0.15) is 17.5 Å². The van der Waals surface area contributed by atoms with Crippen molar-refractivity contribution in [2.24, 2.45) is 0 Å². The van der Waals surface area contributed by atoms with Crippen molar-refractivity contribution in [2.75, 3.05) is 65.2 Å². The highest BCUT2D eigenvalue weighted by Crippen LogP contribution is 2.20. The van der Waals surface area contributed by atoms with E-state index in [9.17, 15) is 8.42 Å². The lowest BCUT2D eigenvalue weighted by molar-refractivity contribution is -0.138. The molecule has 2 atom stereocenters. The first kappa shape index (κ1) is 26.6. The normalized spacial score (nSPS) is 20.8. The first-order valence-corrected chi connectivity index (χ1v) is 14.5. The first-order valence-electron chi connectivity index (χ1n) is 12.6. The zero-order valence-electron chi connectivity index (χ0n) is 21.0. The van der Waals surface area contributed by atoms with Gasteiger partial charge in [0.2, 0.25) is 10.0 Å². The summed E-state index contributed by atoms with van der Waals surface area (Å²) in [5.41, 5.74) is 1.94. The second-order valence-electron chi connectivity index (χ2n) is 9.64. The Balaban J connectivity index is 1.19. The lowest BCUT2D eigenvalue weighted by Crippen LogP contribution is -2.60. The molecule has 2 aromatic carbocycles. The van der Waals surface area contributed by atoms with Gasteiger partial charge in [-0.3, -0.25) is 9.80 Å². The minimum absolute atomic E-state index is 0.167. The van der Waals surface area contributed by atoms with Crippen LogP contribution in [0.15, 0.2) is 54.6 Å². The number of hydrogen-bond donors (Lipinski definition) is 0. The predicted octanol–water partition coefficient (Wildman–Crippen LogP) is 2.22. The van der Waals surface area contributed by atoms with E-state index in [1.807, 2.05) is 0 Å². The van der Waals surface area contributed by atoms with Crippen LogP contribution in [0.2, 0.25) is 0 Å². The molecule has 8 nitrogen and oxygen atoms in total. The van der Waals surface area contributed by atoms with Crippen LogP contribution < -0.4 is 4.74 Å². The van der Waals surface area contributed by atoms with E-state index < -0.39 is 10.0 Å². The number of nitriles is 1. The number of ether oxygens (including phenoxy) is 2. The van der Waals surface area contributed by atoms with Crippen LogP contribution in [0.5, 0.6) is 5.75 Å². The van der Waals surface area contributed by atoms with E-state index in [0.29, 0.717) is 24.4 Å². The molecule has 2 fully saturated rings. The second-order valence-corrected chi connectivity index (χ2v) is 11.6. The Morgan fingerprint density at radius 2 is 1.61 bits per heavy atom. The molecule has 2 aliphatic rings. The largest absolute Gasteiger partial charge is 0.492 e. The molecule has 0 aromatic heterocycles. The van der Waals surface area contributed by atoms with Crippen molar-refractivity contribution in [2.45, 2.75) is 25.0 Å². The summed E-state index contributed by atoms with van der Waals surface area (Å²) < 4.78 is 38.1. The molecule has 0 spiro atoms. The number of rotatable bonds is 12. The minimum Gasteiger partial charge on any atom is -0.492 e. The smallest absolute Gasteiger partial charge is 0.211 e. The van der Waals surface area contributed by atoms with Gasteiger partial charge >= 0.3 is 0 Å². The molecule has 0 radical (unpaired) electrons. The molecule has 2 bridgehead atoms. The van der Waals surface area contributed by atoms with Crippen LogP contribution in [-0.2, 0) is 21.2 Å². The summed E-state index contributed by atoms with van der Waals surface area (Å²) in [7, 11) is -3.35. The fourth-order valence-electron chi connectivity index (χ4n) is 4.96. The van der Waals surface area contributed by atoms with E-state index in [-0.39, 0.29) is 25.4 Å². The third kappa shape index (κ3) is 8.02. The summed E-state index contributed by atoms with van der Waals surface area (Å²) in [6.45, 7) is 6.22. The predicted molar refractivity (Wildman–Crippen MR) is 139 cm³/mol. The molecule has 36 heavy (non-hydrogen) atoms. The van der Waals surface area contributed by atoms with E-state index in [1.165, 1.54) is 16.1 Å². The monoisotopic (exact) mass is 512 g/mol. The fourth-order valence-corrected chi connectivity index (χ4v) is 5.78. The number of nitrogens with zero attached hydrogens (tertiary/aromatic N) is 4. The van der Waals surface area contributed by atoms with Gasteiger partial charge in [-0.1, -0.05) is 30.3 Å². The van der Waals surface area contributed by atoms with E-state index in [4.69, 9.17) is 14.7 Å². The van der Waals surface area contributed by atoms with E-state index >= 15 is 0 Å². The maximum atomic E-state index is 12.4. The Morgan fingerprint density at radius 1 is 0.972 bits per heavy atom. The average molecular weight is 513 g/mol. The highest BCUT2D eigenvalue weighted by atomic mass is 32.2. The van der Waals surface area contributed by atoms with Crippen molar-refractivity contribution in [1.82, 2.24) is 14.1 Å². The van der Waals surface area contributed by atoms with Gasteiger partial charge in [0.25, 0.3) is 0 Å². The fraction of sp³-hybridized carbons (Fsp3) is 0.519. The maximum absolute atomic E-state index is 12.4. The standard InChI is InChI=1S/C27H36N4O4S/c1-36(32,33)31(16-17-34-25-11-9-24(18-28)10-12-25)15-14-30-21-26-19-29(20-27(22-30)35-26)13-5-8-23-6-3-2-4-7-23/h2-4,6-7,9-12,26-27H,5,8,13-17,19-22H2,1H3. The van der Waals surface area contributed by atoms with Gasteiger partial charge in [0.15, 0.2) is 0 Å². The zero-order chi connectivity index (χ0) is 25.4. The Labute approximate surface area is 215 Å². The summed E-state index contributed by atoms with van der Waals surface area (Å²) in [5.74, 6) is 0.622. The summed E-state index contributed by atoms with van der Waals surface area (Å²) in [6.07, 6.45) is 3.81. The van der Waals surface area contributed by atoms with Gasteiger partial charge < -0.3 is 9.47 Å². The van der Waals surface area contributed by atoms with Gasteiger partial charge in [0.05, 0.1) is 30.1 Å². The lowest BCUT2D eigenvalue weighted by atomic mass is 10.1. The Hall–Kier alpha value is -2.48. The van der Waals surface area contributed by atoms with E-state index in [2.05, 4.69) is 46.2 Å². The van der Waals surface area contributed by atoms with Gasteiger partial charge in [-0.05, 0) is 49.2 Å². The molecule has 194 valence electrons. The van der Waals surface area contributed by atoms with Crippen LogP contribution in [0.25, 0.3) is 0 Å². The molecule has 4 rings (SSSR count). The molecule has 2 aliphatic heterocycles. The number of aryl methyl sites for hydroxylation is 1. The number of sulfonamides is 1. The van der Waals surface area contributed by atoms with E-state index in [0.717, 1.165) is 45.6 Å². The molecular formula is C27H36N4O4S. The Bertz CT molecular complexity index is 1090. The number of hydrogen-bond acceptors (Lipinski definition) is 7. The van der Waals surface area contributed by atoms with Crippen LogP contribution in [0.3, 0.4) is 0 Å². The highest BCUT2D eigenvalue weighted by molar-refractivity contribution is 7.88. The minimum atomic E-state index is -3.35. The molecule has 2 saturated heterocycles. The second kappa shape index (κ2) is 12.7. The van der Waals surface area contributed by atoms with E-state index in [1.54, 1.807) is 24.3 Å². The third-order valence-corrected chi connectivity index (χ3v) is 8.05. The van der Waals surface area contributed by atoms with Crippen LogP contribution >= 0.6 is 0 Å². The van der Waals surface area contributed by atoms with Crippen molar-refractivity contribution in [3.8, 4) is 11.8 Å². The van der Waals surface area contributed by atoms with Gasteiger partial charge in [-0.15, -0.1) is 0 Å². The van der Waals surface area contributed by atoms with Crippen molar-refractivity contribution < 1.29 is 17.9 Å². The van der Waals surface area contributed by atoms with Crippen molar-refractivity contribution in [3.63, 3.8) is 0 Å². The van der Waals surface area contributed by atoms with Crippen LogP contribution in [0, 0.1) is 11.3 Å². The third-order valence-electron chi connectivity index (χ3n) is 6.74. The van der Waals surface area contributed by atoms with Gasteiger partial charge in [0.1, 0.15) is 12.4 Å². The summed E-state index contributed by atoms with van der Waals surface area (Å²) in [4.78, 5) is 4.85. The topological polar surface area (TPSA) is 86.1 Å². The summed E-state index contributed by atoms with van der Waals surface area (Å²) >= 11 is 0. The summed E-state index contributed by atoms with van der Waals surface area (Å²) in [5, 5.41) is 8.89. The number of morpholine rings is 2. The lowest BCUT2D eigenvalue weighted by Gasteiger charge is -2.46. The van der Waals surface area contributed by atoms with Gasteiger partial charge in [-0.25, -0.2) is 8.42 Å². The quantitative estimate of drug-likeness (QED) is 0.431. The Kier molecular flexibility index (Phi) is 9.35. The van der Waals surface area contributed by atoms with Gasteiger partial charge in [0, 0.05) is 45.8 Å². The zero-order valence-corrected chi connectivity index (χ0v) is 21.8. The van der Waals surface area contributed by atoms with Crippen molar-refractivity contribution in [3.05, 3.63) is 65.7 Å². The molecular weight excluding hydrogens is 476 g/mol. The van der Waals surface area contributed by atoms with Crippen molar-refractivity contribution in [1.29, 1.82) is 5.26 Å². The molecule has 9 heteroatoms. The van der Waals surface area contributed by atoms with Crippen LogP contribution in [0.4, 0.5) is 0 Å². The first-order chi connectivity index (χ1) is 17.4. The molecule has 2 aromatic rings. The Morgan fingerprint density at radius 3 is 2.22 bits per heavy atom. The van der Waals surface area contributed by atoms with Gasteiger partial charge in [-0.2, -0.15) is 9.57 Å². The highest BCUT2D eigenvalue weighted by Gasteiger charge is 2.34. The number of fused-ring (bicyclic) bond motifs is 2. The maximum Gasteiger partial charge on any atom is 0.211 e. The SMILES string of the molecule is CS(=O)(=O)N(CCOc1ccc(C#N)cc1)CCN1CC2CN(CCCc3ccccc3)CC(C1)O2. The molecule has 2 heterocycles. The molecule has 0 saturated carbocycles. The average Bonchev–Trinajstić information content (AvgIpc) is 2.86. The summed E-state index contributed by atoms with van der Waals surface area (Å²) in [6, 6.07) is 19.5. The molecule has 0 aliphatic carbocycles. The molecule has 2 unspecified atom stereocenters. The molecule has 0 amide bonds. The van der Waals surface area contributed by atoms with Crippen molar-refractivity contribution >= 4 is 10.0 Å².